The fourth-order valence-electron chi connectivity index (χ4n) is 1.76. The lowest BCUT2D eigenvalue weighted by atomic mass is 10.1. The van der Waals surface area contributed by atoms with Gasteiger partial charge in [0, 0.05) is 13.1 Å². The molecule has 22 heavy (non-hydrogen) atoms. The average molecular weight is 317 g/mol. The topological polar surface area (TPSA) is 59.6 Å². The minimum Gasteiger partial charge on any atom is -0.406 e. The molecule has 1 rings (SSSR count). The van der Waals surface area contributed by atoms with Crippen LogP contribution in [0, 0.1) is 5.92 Å². The van der Waals surface area contributed by atoms with E-state index in [1.807, 2.05) is 0 Å². The van der Waals surface area contributed by atoms with Crippen molar-refractivity contribution in [3.8, 4) is 5.75 Å². The van der Waals surface area contributed by atoms with E-state index in [9.17, 15) is 13.2 Å². The summed E-state index contributed by atoms with van der Waals surface area (Å²) >= 11 is 0. The number of hydrogen-bond acceptors (Lipinski definition) is 2. The van der Waals surface area contributed by atoms with Crippen LogP contribution in [-0.4, -0.2) is 25.4 Å². The van der Waals surface area contributed by atoms with E-state index in [4.69, 9.17) is 5.73 Å². The largest absolute Gasteiger partial charge is 0.573 e. The molecule has 0 heterocycles. The second kappa shape index (κ2) is 8.51. The molecule has 0 saturated heterocycles. The molecule has 0 atom stereocenters. The van der Waals surface area contributed by atoms with Crippen LogP contribution in [0.1, 0.15) is 25.8 Å². The van der Waals surface area contributed by atoms with Gasteiger partial charge in [0.15, 0.2) is 5.96 Å². The number of nitrogens with two attached hydrogens (primary N) is 1. The Kier molecular flexibility index (Phi) is 7.01. The third-order valence-corrected chi connectivity index (χ3v) is 2.89. The first-order chi connectivity index (χ1) is 10.3. The first kappa shape index (κ1) is 18.1. The molecular formula is C15H22F3N3O. The van der Waals surface area contributed by atoms with Crippen LogP contribution in [-0.2, 0) is 6.42 Å². The average Bonchev–Trinajstić information content (AvgIpc) is 2.38. The maximum Gasteiger partial charge on any atom is 0.573 e. The van der Waals surface area contributed by atoms with Crippen LogP contribution in [0.15, 0.2) is 29.3 Å². The molecule has 0 aliphatic heterocycles. The number of aliphatic imine (C=N–C) groups is 1. The zero-order valence-electron chi connectivity index (χ0n) is 12.8. The number of para-hydroxylation sites is 1. The van der Waals surface area contributed by atoms with Gasteiger partial charge in [-0.05, 0) is 30.4 Å². The number of alkyl halides is 3. The van der Waals surface area contributed by atoms with E-state index in [1.54, 1.807) is 12.1 Å². The first-order valence-electron chi connectivity index (χ1n) is 7.15. The van der Waals surface area contributed by atoms with Gasteiger partial charge in [0.05, 0.1) is 0 Å². The lowest BCUT2D eigenvalue weighted by Crippen LogP contribution is -2.33. The molecule has 0 fully saturated rings. The number of nitrogens with zero attached hydrogens (tertiary/aromatic N) is 1. The molecule has 0 aliphatic rings. The lowest BCUT2D eigenvalue weighted by molar-refractivity contribution is -0.274. The zero-order chi connectivity index (χ0) is 16.6. The zero-order valence-corrected chi connectivity index (χ0v) is 12.8. The van der Waals surface area contributed by atoms with Crippen LogP contribution in [0.2, 0.25) is 0 Å². The van der Waals surface area contributed by atoms with Crippen LogP contribution < -0.4 is 15.8 Å². The van der Waals surface area contributed by atoms with E-state index >= 15 is 0 Å². The summed E-state index contributed by atoms with van der Waals surface area (Å²) in [6.07, 6.45) is -3.40. The number of ether oxygens (including phenoxy) is 1. The third kappa shape index (κ3) is 7.75. The highest BCUT2D eigenvalue weighted by Crippen LogP contribution is 2.26. The van der Waals surface area contributed by atoms with Crippen LogP contribution in [0.25, 0.3) is 0 Å². The number of guanidine groups is 1. The molecular weight excluding hydrogens is 295 g/mol. The van der Waals surface area contributed by atoms with E-state index in [2.05, 4.69) is 28.9 Å². The molecule has 0 bridgehead atoms. The van der Waals surface area contributed by atoms with Gasteiger partial charge >= 0.3 is 6.36 Å². The van der Waals surface area contributed by atoms with E-state index in [0.29, 0.717) is 37.0 Å². The molecule has 3 N–H and O–H groups in total. The van der Waals surface area contributed by atoms with Gasteiger partial charge in [-0.1, -0.05) is 32.0 Å². The summed E-state index contributed by atoms with van der Waals surface area (Å²) in [5.41, 5.74) is 6.15. The number of rotatable bonds is 7. The normalized spacial score (nSPS) is 12.5. The number of benzene rings is 1. The smallest absolute Gasteiger partial charge is 0.406 e. The summed E-state index contributed by atoms with van der Waals surface area (Å²) in [5, 5.41) is 2.89. The third-order valence-electron chi connectivity index (χ3n) is 2.89. The standard InChI is InChI=1S/C15H22F3N3O/c1-11(2)7-9-20-14(19)21-10-8-12-5-3-4-6-13(12)22-15(16,17)18/h3-6,11H,7-10H2,1-2H3,(H3,19,20,21). The Morgan fingerprint density at radius 2 is 2.00 bits per heavy atom. The molecule has 4 nitrogen and oxygen atoms in total. The minimum atomic E-state index is -4.69. The van der Waals surface area contributed by atoms with Crippen molar-refractivity contribution >= 4 is 5.96 Å². The number of hydrogen-bond donors (Lipinski definition) is 2. The Morgan fingerprint density at radius 3 is 2.64 bits per heavy atom. The van der Waals surface area contributed by atoms with Crippen LogP contribution >= 0.6 is 0 Å². The second-order valence-corrected chi connectivity index (χ2v) is 5.28. The molecule has 0 radical (unpaired) electrons. The summed E-state index contributed by atoms with van der Waals surface area (Å²) < 4.78 is 40.9. The molecule has 7 heteroatoms. The summed E-state index contributed by atoms with van der Waals surface area (Å²) in [6, 6.07) is 6.05. The highest BCUT2D eigenvalue weighted by Gasteiger charge is 2.31. The van der Waals surface area contributed by atoms with E-state index in [0.717, 1.165) is 6.42 Å². The second-order valence-electron chi connectivity index (χ2n) is 5.28. The Bertz CT molecular complexity index is 487. The molecule has 0 amide bonds. The summed E-state index contributed by atoms with van der Waals surface area (Å²) in [5.74, 6) is 0.657. The van der Waals surface area contributed by atoms with Crippen molar-refractivity contribution in [3.63, 3.8) is 0 Å². The fraction of sp³-hybridized carbons (Fsp3) is 0.533. The summed E-state index contributed by atoms with van der Waals surface area (Å²) in [6.45, 7) is 5.20. The van der Waals surface area contributed by atoms with Crippen LogP contribution in [0.3, 0.4) is 0 Å². The summed E-state index contributed by atoms with van der Waals surface area (Å²) in [4.78, 5) is 4.15. The Balaban J connectivity index is 2.48. The van der Waals surface area contributed by atoms with E-state index in [-0.39, 0.29) is 5.75 Å². The molecule has 0 spiro atoms. The highest BCUT2D eigenvalue weighted by molar-refractivity contribution is 5.77. The van der Waals surface area contributed by atoms with Gasteiger partial charge in [-0.3, -0.25) is 4.99 Å². The van der Waals surface area contributed by atoms with Gasteiger partial charge in [0.2, 0.25) is 0 Å². The lowest BCUT2D eigenvalue weighted by Gasteiger charge is -2.13. The molecule has 0 aromatic heterocycles. The van der Waals surface area contributed by atoms with Gasteiger partial charge in [-0.25, -0.2) is 0 Å². The number of nitrogens with one attached hydrogen (secondary N) is 1. The molecule has 0 unspecified atom stereocenters. The molecule has 1 aromatic rings. The number of halogens is 3. The van der Waals surface area contributed by atoms with Crippen molar-refractivity contribution in [2.75, 3.05) is 13.1 Å². The van der Waals surface area contributed by atoms with Crippen molar-refractivity contribution in [3.05, 3.63) is 29.8 Å². The van der Waals surface area contributed by atoms with Crippen molar-refractivity contribution in [2.45, 2.75) is 33.1 Å². The molecule has 0 aliphatic carbocycles. The first-order valence-corrected chi connectivity index (χ1v) is 7.15. The molecule has 0 saturated carbocycles. The van der Waals surface area contributed by atoms with Crippen molar-refractivity contribution in [1.29, 1.82) is 0 Å². The van der Waals surface area contributed by atoms with Gasteiger partial charge in [-0.2, -0.15) is 0 Å². The summed E-state index contributed by atoms with van der Waals surface area (Å²) in [7, 11) is 0. The Hall–Kier alpha value is -1.92. The van der Waals surface area contributed by atoms with Crippen LogP contribution in [0.4, 0.5) is 13.2 Å². The Morgan fingerprint density at radius 1 is 1.32 bits per heavy atom. The van der Waals surface area contributed by atoms with Crippen molar-refractivity contribution < 1.29 is 17.9 Å². The van der Waals surface area contributed by atoms with Crippen LogP contribution in [0.5, 0.6) is 5.75 Å². The van der Waals surface area contributed by atoms with Gasteiger partial charge in [-0.15, -0.1) is 13.2 Å². The van der Waals surface area contributed by atoms with E-state index in [1.165, 1.54) is 12.1 Å². The maximum absolute atomic E-state index is 12.3. The minimum absolute atomic E-state index is 0.188. The monoisotopic (exact) mass is 317 g/mol. The highest BCUT2D eigenvalue weighted by atomic mass is 19.4. The Labute approximate surface area is 128 Å². The van der Waals surface area contributed by atoms with Crippen molar-refractivity contribution in [2.24, 2.45) is 16.6 Å². The fourth-order valence-corrected chi connectivity index (χ4v) is 1.76. The maximum atomic E-state index is 12.3. The molecule has 1 aromatic carbocycles. The molecule has 124 valence electrons. The predicted molar refractivity (Wildman–Crippen MR) is 80.8 cm³/mol. The van der Waals surface area contributed by atoms with Gasteiger partial charge < -0.3 is 15.8 Å². The van der Waals surface area contributed by atoms with Crippen molar-refractivity contribution in [1.82, 2.24) is 5.32 Å². The SMILES string of the molecule is CC(C)CCN=C(N)NCCc1ccccc1OC(F)(F)F. The van der Waals surface area contributed by atoms with Gasteiger partial charge in [0.1, 0.15) is 5.75 Å². The predicted octanol–water partition coefficient (Wildman–Crippen LogP) is 3.08. The quantitative estimate of drug-likeness (QED) is 0.600. The van der Waals surface area contributed by atoms with E-state index < -0.39 is 6.36 Å². The van der Waals surface area contributed by atoms with Gasteiger partial charge in [0.25, 0.3) is 0 Å².